The number of morpholine rings is 1. The number of thiazole rings is 1. The van der Waals surface area contributed by atoms with Gasteiger partial charge in [-0.15, -0.1) is 11.3 Å². The van der Waals surface area contributed by atoms with Crippen LogP contribution in [-0.4, -0.2) is 77.1 Å². The zero-order valence-electron chi connectivity index (χ0n) is 27.9. The first-order valence-corrected chi connectivity index (χ1v) is 17.8. The number of aryl methyl sites for hydroxylation is 1. The smallest absolute Gasteiger partial charge is 0.261 e. The number of anilines is 3. The molecule has 2 aliphatic heterocycles. The lowest BCUT2D eigenvalue weighted by atomic mass is 9.99. The van der Waals surface area contributed by atoms with E-state index < -0.39 is 23.1 Å². The predicted octanol–water partition coefficient (Wildman–Crippen LogP) is 7.18. The number of amides is 1. The summed E-state index contributed by atoms with van der Waals surface area (Å²) < 4.78 is 34.2. The summed E-state index contributed by atoms with van der Waals surface area (Å²) in [5, 5.41) is 7.03. The monoisotopic (exact) mass is 695 g/mol. The van der Waals surface area contributed by atoms with Crippen LogP contribution in [0.25, 0.3) is 21.8 Å². The Morgan fingerprint density at radius 3 is 2.58 bits per heavy atom. The number of carbonyl (C=O) groups excluding carboxylic acids is 1. The molecule has 50 heavy (non-hydrogen) atoms. The zero-order valence-corrected chi connectivity index (χ0v) is 28.7. The minimum Gasteiger partial charge on any atom is -0.379 e. The van der Waals surface area contributed by atoms with Crippen LogP contribution >= 0.6 is 11.3 Å². The second-order valence-electron chi connectivity index (χ2n) is 12.7. The third-order valence-corrected chi connectivity index (χ3v) is 10.2. The molecule has 0 bridgehead atoms. The van der Waals surface area contributed by atoms with Crippen molar-refractivity contribution in [1.29, 1.82) is 0 Å². The molecule has 0 saturated carbocycles. The maximum absolute atomic E-state index is 14.3. The van der Waals surface area contributed by atoms with Crippen molar-refractivity contribution in [3.05, 3.63) is 106 Å². The molecule has 4 heterocycles. The number of likely N-dealkylation sites (N-methyl/N-ethyl adjacent to an activating group) is 1. The van der Waals surface area contributed by atoms with Crippen LogP contribution in [0, 0.1) is 11.6 Å². The number of nitrogens with zero attached hydrogens (tertiary/aromatic N) is 5. The number of rotatable bonds is 11. The van der Waals surface area contributed by atoms with Gasteiger partial charge >= 0.3 is 0 Å². The van der Waals surface area contributed by atoms with Gasteiger partial charge in [0, 0.05) is 49.3 Å². The predicted molar refractivity (Wildman–Crippen MR) is 193 cm³/mol. The van der Waals surface area contributed by atoms with Gasteiger partial charge in [0.15, 0.2) is 0 Å². The Kier molecular flexibility index (Phi) is 10.5. The minimum absolute atomic E-state index is 0.393. The lowest BCUT2D eigenvalue weighted by molar-refractivity contribution is 0.0372. The van der Waals surface area contributed by atoms with Gasteiger partial charge in [-0.05, 0) is 92.9 Å². The third-order valence-electron chi connectivity index (χ3n) is 9.03. The first-order valence-electron chi connectivity index (χ1n) is 17.0. The molecule has 5 aromatic rings. The Morgan fingerprint density at radius 1 is 0.920 bits per heavy atom. The highest BCUT2D eigenvalue weighted by Gasteiger charge is 2.21. The third kappa shape index (κ3) is 8.05. The Morgan fingerprint density at radius 2 is 1.74 bits per heavy atom. The Hall–Kier alpha value is -4.62. The normalized spacial score (nSPS) is 15.1. The average molecular weight is 696 g/mol. The highest BCUT2D eigenvalue weighted by molar-refractivity contribution is 7.15. The largest absolute Gasteiger partial charge is 0.379 e. The van der Waals surface area contributed by atoms with E-state index in [1.54, 1.807) is 35.7 Å². The molecule has 2 N–H and O–H groups in total. The number of hydrogen-bond donors (Lipinski definition) is 2. The van der Waals surface area contributed by atoms with Gasteiger partial charge < -0.3 is 20.3 Å². The number of halogens is 2. The number of hydrogen-bond acceptors (Lipinski definition) is 9. The van der Waals surface area contributed by atoms with Gasteiger partial charge in [0.25, 0.3) is 5.91 Å². The molecule has 0 atom stereocenters. The van der Waals surface area contributed by atoms with E-state index in [4.69, 9.17) is 14.7 Å². The molecule has 258 valence electrons. The van der Waals surface area contributed by atoms with Gasteiger partial charge in [-0.3, -0.25) is 9.69 Å². The second-order valence-corrected chi connectivity index (χ2v) is 13.8. The lowest BCUT2D eigenvalue weighted by Gasteiger charge is -2.26. The van der Waals surface area contributed by atoms with E-state index in [0.29, 0.717) is 17.3 Å². The SMILES string of the molecule is CN1CCc2ccc(Nc3nccc(-c4sc(CCCCN5CCOCC5)nc4-c4cccc(NC(=O)c5c(F)cccc5F)c4)n3)cc2C1. The summed E-state index contributed by atoms with van der Waals surface area (Å²) in [6, 6.07) is 18.8. The second kappa shape index (κ2) is 15.5. The number of carbonyl (C=O) groups is 1. The molecule has 9 nitrogen and oxygen atoms in total. The van der Waals surface area contributed by atoms with E-state index in [1.807, 2.05) is 12.1 Å². The molecule has 2 aliphatic rings. The number of aromatic nitrogens is 3. The molecule has 1 fully saturated rings. The summed E-state index contributed by atoms with van der Waals surface area (Å²) in [6.45, 7) is 6.49. The standard InChI is InChI=1S/C38H39F2N7O2S/c1-46-17-14-25-11-12-29(23-27(25)24-46)43-38-41-15-13-32(44-38)36-35(45-33(50-36)10-2-3-16-47-18-20-49-21-19-47)26-6-4-7-28(22-26)42-37(48)34-30(39)8-5-9-31(34)40/h4-9,11-13,15,22-23H,2-3,10,14,16-21,24H2,1H3,(H,42,48)(H,41,43,44). The van der Waals surface area contributed by atoms with Gasteiger partial charge in [-0.1, -0.05) is 24.3 Å². The topological polar surface area (TPSA) is 95.5 Å². The van der Waals surface area contributed by atoms with Crippen LogP contribution < -0.4 is 10.6 Å². The Bertz CT molecular complexity index is 1960. The average Bonchev–Trinajstić information content (AvgIpc) is 3.55. The quantitative estimate of drug-likeness (QED) is 0.140. The van der Waals surface area contributed by atoms with Crippen molar-refractivity contribution in [3.63, 3.8) is 0 Å². The summed E-state index contributed by atoms with van der Waals surface area (Å²) in [5.41, 5.74) is 5.54. The van der Waals surface area contributed by atoms with Crippen LogP contribution in [0.5, 0.6) is 0 Å². The number of unbranched alkanes of at least 4 members (excludes halogenated alkanes) is 1. The molecule has 0 spiro atoms. The number of fused-ring (bicyclic) bond motifs is 1. The fourth-order valence-electron chi connectivity index (χ4n) is 6.38. The molecule has 0 unspecified atom stereocenters. The minimum atomic E-state index is -0.922. The van der Waals surface area contributed by atoms with Crippen molar-refractivity contribution < 1.29 is 18.3 Å². The van der Waals surface area contributed by atoms with Gasteiger partial charge in [0.1, 0.15) is 17.2 Å². The summed E-state index contributed by atoms with van der Waals surface area (Å²) in [4.78, 5) is 33.0. The van der Waals surface area contributed by atoms with Crippen LogP contribution in [0.2, 0.25) is 0 Å². The van der Waals surface area contributed by atoms with E-state index in [9.17, 15) is 13.6 Å². The van der Waals surface area contributed by atoms with Crippen LogP contribution in [0.4, 0.5) is 26.1 Å². The molecule has 7 rings (SSSR count). The van der Waals surface area contributed by atoms with E-state index in [2.05, 4.69) is 50.7 Å². The summed E-state index contributed by atoms with van der Waals surface area (Å²) in [7, 11) is 2.13. The van der Waals surface area contributed by atoms with E-state index >= 15 is 0 Å². The Balaban J connectivity index is 1.15. The fourth-order valence-corrected chi connectivity index (χ4v) is 7.48. The van der Waals surface area contributed by atoms with E-state index in [1.165, 1.54) is 17.2 Å². The molecule has 2 aromatic heterocycles. The van der Waals surface area contributed by atoms with Crippen molar-refractivity contribution >= 4 is 34.6 Å². The number of nitrogens with one attached hydrogen (secondary N) is 2. The highest BCUT2D eigenvalue weighted by Crippen LogP contribution is 2.38. The van der Waals surface area contributed by atoms with E-state index in [-0.39, 0.29) is 0 Å². The first-order chi connectivity index (χ1) is 24.4. The van der Waals surface area contributed by atoms with Crippen molar-refractivity contribution in [2.75, 3.05) is 57.1 Å². The van der Waals surface area contributed by atoms with Crippen LogP contribution in [0.15, 0.2) is 72.9 Å². The molecular weight excluding hydrogens is 657 g/mol. The van der Waals surface area contributed by atoms with Crippen molar-refractivity contribution in [2.45, 2.75) is 32.2 Å². The molecule has 0 aliphatic carbocycles. The molecule has 3 aromatic carbocycles. The molecule has 1 amide bonds. The maximum atomic E-state index is 14.3. The molecule has 1 saturated heterocycles. The van der Waals surface area contributed by atoms with Gasteiger partial charge in [0.2, 0.25) is 5.95 Å². The van der Waals surface area contributed by atoms with E-state index in [0.717, 1.165) is 111 Å². The number of benzene rings is 3. The Labute approximate surface area is 294 Å². The number of ether oxygens (including phenoxy) is 1. The van der Waals surface area contributed by atoms with Gasteiger partial charge in [-0.2, -0.15) is 0 Å². The molecule has 0 radical (unpaired) electrons. The van der Waals surface area contributed by atoms with Crippen molar-refractivity contribution in [2.24, 2.45) is 0 Å². The van der Waals surface area contributed by atoms with Gasteiger partial charge in [0.05, 0.1) is 34.5 Å². The highest BCUT2D eigenvalue weighted by atomic mass is 32.1. The summed E-state index contributed by atoms with van der Waals surface area (Å²) >= 11 is 1.59. The van der Waals surface area contributed by atoms with Crippen LogP contribution in [0.1, 0.15) is 39.3 Å². The lowest BCUT2D eigenvalue weighted by Crippen LogP contribution is -2.36. The maximum Gasteiger partial charge on any atom is 0.261 e. The van der Waals surface area contributed by atoms with Crippen molar-refractivity contribution in [1.82, 2.24) is 24.8 Å². The summed E-state index contributed by atoms with van der Waals surface area (Å²) in [6.07, 6.45) is 5.62. The van der Waals surface area contributed by atoms with Crippen LogP contribution in [0.3, 0.4) is 0 Å². The summed E-state index contributed by atoms with van der Waals surface area (Å²) in [5.74, 6) is -2.23. The fraction of sp³-hybridized carbons (Fsp3) is 0.316. The zero-order chi connectivity index (χ0) is 34.5. The van der Waals surface area contributed by atoms with Crippen LogP contribution in [-0.2, 0) is 24.1 Å². The molecule has 12 heteroatoms. The van der Waals surface area contributed by atoms with Crippen molar-refractivity contribution in [3.8, 4) is 21.8 Å². The van der Waals surface area contributed by atoms with Gasteiger partial charge in [-0.25, -0.2) is 23.7 Å². The first kappa shape index (κ1) is 33.9. The molecular formula is C38H39F2N7O2S.